The van der Waals surface area contributed by atoms with Gasteiger partial charge in [-0.1, -0.05) is 24.3 Å². The molecular weight excluding hydrogens is 124 g/mol. The van der Waals surface area contributed by atoms with E-state index in [2.05, 4.69) is 31.2 Å². The van der Waals surface area contributed by atoms with Crippen molar-refractivity contribution < 1.29 is 4.74 Å². The van der Waals surface area contributed by atoms with Crippen molar-refractivity contribution in [2.24, 2.45) is 5.92 Å². The summed E-state index contributed by atoms with van der Waals surface area (Å²) >= 11 is 0. The van der Waals surface area contributed by atoms with Crippen LogP contribution >= 0.6 is 0 Å². The van der Waals surface area contributed by atoms with Crippen LogP contribution in [-0.2, 0) is 4.74 Å². The van der Waals surface area contributed by atoms with Gasteiger partial charge in [-0.15, -0.1) is 0 Å². The summed E-state index contributed by atoms with van der Waals surface area (Å²) in [4.78, 5) is 0. The molecule has 0 N–H and O–H groups in total. The molecule has 2 atom stereocenters. The molecule has 1 unspecified atom stereocenters. The summed E-state index contributed by atoms with van der Waals surface area (Å²) in [6, 6.07) is 0. The van der Waals surface area contributed by atoms with Gasteiger partial charge in [0.1, 0.15) is 0 Å². The van der Waals surface area contributed by atoms with E-state index in [4.69, 9.17) is 4.74 Å². The van der Waals surface area contributed by atoms with E-state index < -0.39 is 0 Å². The number of hydrogen-bond acceptors (Lipinski definition) is 1. The molecule has 10 heavy (non-hydrogen) atoms. The Bertz CT molecular complexity index is 193. The maximum Gasteiger partial charge on any atom is 0.0935 e. The topological polar surface area (TPSA) is 9.23 Å². The molecule has 2 aliphatic rings. The first-order valence-electron chi connectivity index (χ1n) is 3.87. The fraction of sp³-hybridized carbons (Fsp3) is 0.556. The number of ether oxygens (including phenoxy) is 1. The van der Waals surface area contributed by atoms with Gasteiger partial charge in [0.15, 0.2) is 0 Å². The zero-order valence-corrected chi connectivity index (χ0v) is 6.21. The Morgan fingerprint density at radius 3 is 3.20 bits per heavy atom. The molecule has 54 valence electrons. The molecule has 1 saturated carbocycles. The first-order chi connectivity index (χ1) is 4.87. The van der Waals surface area contributed by atoms with E-state index in [1.807, 2.05) is 0 Å². The van der Waals surface area contributed by atoms with Crippen molar-refractivity contribution in [3.8, 4) is 0 Å². The van der Waals surface area contributed by atoms with Crippen LogP contribution in [0.2, 0.25) is 0 Å². The standard InChI is InChI=1S/C9H12O/c1-2-10-9-6-4-3-5-8(9)7-9/h3-6,8H,2,7H2,1H3/t8-,9?/m0/s1. The van der Waals surface area contributed by atoms with Gasteiger partial charge in [0, 0.05) is 12.5 Å². The zero-order chi connectivity index (χ0) is 7.03. The lowest BCUT2D eigenvalue weighted by Gasteiger charge is -2.12. The summed E-state index contributed by atoms with van der Waals surface area (Å²) in [6.45, 7) is 2.88. The second-order valence-corrected chi connectivity index (χ2v) is 2.94. The molecule has 0 bridgehead atoms. The second-order valence-electron chi connectivity index (χ2n) is 2.94. The molecule has 0 saturated heterocycles. The molecule has 0 heterocycles. The average Bonchev–Trinajstić information content (AvgIpc) is 2.62. The van der Waals surface area contributed by atoms with Crippen molar-refractivity contribution in [1.29, 1.82) is 0 Å². The Kier molecular flexibility index (Phi) is 1.21. The molecule has 1 heteroatoms. The van der Waals surface area contributed by atoms with Crippen LogP contribution in [0.4, 0.5) is 0 Å². The lowest BCUT2D eigenvalue weighted by atomic mass is 10.1. The fourth-order valence-corrected chi connectivity index (χ4v) is 1.61. The van der Waals surface area contributed by atoms with Crippen molar-refractivity contribution in [3.05, 3.63) is 24.3 Å². The van der Waals surface area contributed by atoms with Crippen LogP contribution in [0.1, 0.15) is 13.3 Å². The van der Waals surface area contributed by atoms with Crippen molar-refractivity contribution in [2.45, 2.75) is 18.9 Å². The van der Waals surface area contributed by atoms with E-state index >= 15 is 0 Å². The molecule has 0 aromatic rings. The van der Waals surface area contributed by atoms with Gasteiger partial charge in [0.25, 0.3) is 0 Å². The van der Waals surface area contributed by atoms with Gasteiger partial charge in [0.2, 0.25) is 0 Å². The maximum atomic E-state index is 5.61. The van der Waals surface area contributed by atoms with Crippen LogP contribution in [0.3, 0.4) is 0 Å². The Labute approximate surface area is 61.4 Å². The lowest BCUT2D eigenvalue weighted by molar-refractivity contribution is 0.0694. The predicted octanol–water partition coefficient (Wildman–Crippen LogP) is 1.91. The fourth-order valence-electron chi connectivity index (χ4n) is 1.61. The number of fused-ring (bicyclic) bond motifs is 1. The van der Waals surface area contributed by atoms with Gasteiger partial charge in [-0.05, 0) is 13.3 Å². The number of hydrogen-bond donors (Lipinski definition) is 0. The first-order valence-corrected chi connectivity index (χ1v) is 3.87. The summed E-state index contributed by atoms with van der Waals surface area (Å²) < 4.78 is 5.61. The number of rotatable bonds is 2. The highest BCUT2D eigenvalue weighted by molar-refractivity contribution is 5.31. The smallest absolute Gasteiger partial charge is 0.0935 e. The lowest BCUT2D eigenvalue weighted by Crippen LogP contribution is -2.14. The molecule has 1 nitrogen and oxygen atoms in total. The summed E-state index contributed by atoms with van der Waals surface area (Å²) in [5, 5.41) is 0. The molecule has 0 radical (unpaired) electrons. The molecule has 0 aliphatic heterocycles. The summed E-state index contributed by atoms with van der Waals surface area (Å²) in [5.74, 6) is 0.678. The highest BCUT2D eigenvalue weighted by Crippen LogP contribution is 2.50. The Hall–Kier alpha value is -0.560. The monoisotopic (exact) mass is 136 g/mol. The highest BCUT2D eigenvalue weighted by Gasteiger charge is 2.52. The third-order valence-corrected chi connectivity index (χ3v) is 2.25. The van der Waals surface area contributed by atoms with E-state index in [9.17, 15) is 0 Å². The second kappa shape index (κ2) is 1.96. The van der Waals surface area contributed by atoms with Gasteiger partial charge in [0.05, 0.1) is 5.60 Å². The van der Waals surface area contributed by atoms with Crippen LogP contribution in [0.25, 0.3) is 0 Å². The Morgan fingerprint density at radius 1 is 1.60 bits per heavy atom. The predicted molar refractivity (Wildman–Crippen MR) is 40.7 cm³/mol. The minimum Gasteiger partial charge on any atom is -0.371 e. The molecule has 0 amide bonds. The SMILES string of the molecule is CCOC12C=CC=C[C@H]1C2. The minimum atomic E-state index is 0.128. The zero-order valence-electron chi connectivity index (χ0n) is 6.21. The summed E-state index contributed by atoms with van der Waals surface area (Å²) in [6.07, 6.45) is 9.79. The third kappa shape index (κ3) is 0.739. The van der Waals surface area contributed by atoms with E-state index in [1.165, 1.54) is 6.42 Å². The third-order valence-electron chi connectivity index (χ3n) is 2.25. The van der Waals surface area contributed by atoms with Crippen molar-refractivity contribution in [1.82, 2.24) is 0 Å². The minimum absolute atomic E-state index is 0.128. The summed E-state index contributed by atoms with van der Waals surface area (Å²) in [7, 11) is 0. The molecule has 0 aromatic carbocycles. The average molecular weight is 136 g/mol. The maximum absolute atomic E-state index is 5.61. The molecule has 2 aliphatic carbocycles. The van der Waals surface area contributed by atoms with Gasteiger partial charge < -0.3 is 4.74 Å². The first kappa shape index (κ1) is 6.17. The van der Waals surface area contributed by atoms with Crippen molar-refractivity contribution in [2.75, 3.05) is 6.61 Å². The van der Waals surface area contributed by atoms with Crippen molar-refractivity contribution >= 4 is 0 Å². The largest absolute Gasteiger partial charge is 0.371 e. The molecule has 1 fully saturated rings. The van der Waals surface area contributed by atoms with E-state index in [0.29, 0.717) is 5.92 Å². The Morgan fingerprint density at radius 2 is 2.50 bits per heavy atom. The quantitative estimate of drug-likeness (QED) is 0.563. The molecule has 0 spiro atoms. The van der Waals surface area contributed by atoms with Gasteiger partial charge >= 0.3 is 0 Å². The van der Waals surface area contributed by atoms with Crippen LogP contribution in [0, 0.1) is 5.92 Å². The van der Waals surface area contributed by atoms with Gasteiger partial charge in [-0.3, -0.25) is 0 Å². The van der Waals surface area contributed by atoms with E-state index in [0.717, 1.165) is 6.61 Å². The highest BCUT2D eigenvalue weighted by atomic mass is 16.5. The van der Waals surface area contributed by atoms with Crippen LogP contribution in [-0.4, -0.2) is 12.2 Å². The van der Waals surface area contributed by atoms with Gasteiger partial charge in [-0.25, -0.2) is 0 Å². The van der Waals surface area contributed by atoms with Crippen LogP contribution in [0.15, 0.2) is 24.3 Å². The summed E-state index contributed by atoms with van der Waals surface area (Å²) in [5.41, 5.74) is 0.128. The van der Waals surface area contributed by atoms with E-state index in [-0.39, 0.29) is 5.60 Å². The molecule has 2 rings (SSSR count). The normalized spacial score (nSPS) is 41.5. The number of allylic oxidation sites excluding steroid dienone is 2. The van der Waals surface area contributed by atoms with Gasteiger partial charge in [-0.2, -0.15) is 0 Å². The van der Waals surface area contributed by atoms with Crippen molar-refractivity contribution in [3.63, 3.8) is 0 Å². The van der Waals surface area contributed by atoms with Crippen LogP contribution < -0.4 is 0 Å². The van der Waals surface area contributed by atoms with Crippen LogP contribution in [0.5, 0.6) is 0 Å². The Balaban J connectivity index is 2.08. The van der Waals surface area contributed by atoms with E-state index in [1.54, 1.807) is 0 Å². The molecular formula is C9H12O. The molecule has 0 aromatic heterocycles.